The average Bonchev–Trinajstić information content (AvgIpc) is 3.26. The molecule has 1 aliphatic heterocycles. The molecule has 3 aromatic rings. The highest BCUT2D eigenvalue weighted by atomic mass is 35.5. The standard InChI is InChI=1S/C19H16ClN3O3/c20-13-5-3-4-12(8-13)11-21-19(24)16-9-14(26-23-16)10-18-22-15-6-1-2-7-17(15)25-18/h1-8,14H,9-11H2,(H,21,24). The molecule has 2 aromatic carbocycles. The highest BCUT2D eigenvalue weighted by Crippen LogP contribution is 2.20. The summed E-state index contributed by atoms with van der Waals surface area (Å²) in [6.45, 7) is 0.383. The molecule has 4 rings (SSSR count). The zero-order valence-electron chi connectivity index (χ0n) is 13.8. The molecule has 0 aliphatic carbocycles. The number of benzene rings is 2. The highest BCUT2D eigenvalue weighted by molar-refractivity contribution is 6.39. The molecule has 0 fully saturated rings. The lowest BCUT2D eigenvalue weighted by Crippen LogP contribution is -2.30. The van der Waals surface area contributed by atoms with E-state index in [-0.39, 0.29) is 12.0 Å². The molecule has 7 heteroatoms. The van der Waals surface area contributed by atoms with Crippen molar-refractivity contribution in [2.75, 3.05) is 0 Å². The number of rotatable bonds is 5. The Labute approximate surface area is 154 Å². The van der Waals surface area contributed by atoms with Crippen LogP contribution in [0.5, 0.6) is 0 Å². The highest BCUT2D eigenvalue weighted by Gasteiger charge is 2.27. The Balaban J connectivity index is 1.31. The van der Waals surface area contributed by atoms with E-state index < -0.39 is 0 Å². The number of nitrogens with zero attached hydrogens (tertiary/aromatic N) is 2. The molecule has 0 bridgehead atoms. The van der Waals surface area contributed by atoms with Gasteiger partial charge in [-0.1, -0.05) is 41.0 Å². The van der Waals surface area contributed by atoms with Gasteiger partial charge in [-0.15, -0.1) is 0 Å². The van der Waals surface area contributed by atoms with Gasteiger partial charge in [0.1, 0.15) is 17.3 Å². The van der Waals surface area contributed by atoms with E-state index >= 15 is 0 Å². The van der Waals surface area contributed by atoms with Crippen LogP contribution < -0.4 is 5.32 Å². The largest absolute Gasteiger partial charge is 0.441 e. The summed E-state index contributed by atoms with van der Waals surface area (Å²) >= 11 is 5.94. The van der Waals surface area contributed by atoms with Crippen LogP contribution in [-0.4, -0.2) is 22.7 Å². The number of hydrogen-bond donors (Lipinski definition) is 1. The van der Waals surface area contributed by atoms with Crippen LogP contribution in [0.15, 0.2) is 58.1 Å². The Morgan fingerprint density at radius 1 is 1.23 bits per heavy atom. The van der Waals surface area contributed by atoms with Gasteiger partial charge in [-0.2, -0.15) is 0 Å². The number of para-hydroxylation sites is 2. The van der Waals surface area contributed by atoms with E-state index in [2.05, 4.69) is 15.5 Å². The minimum atomic E-state index is -0.255. The van der Waals surface area contributed by atoms with E-state index in [1.165, 1.54) is 0 Å². The summed E-state index contributed by atoms with van der Waals surface area (Å²) in [5.74, 6) is 0.331. The summed E-state index contributed by atoms with van der Waals surface area (Å²) in [5.41, 5.74) is 2.84. The molecule has 0 saturated heterocycles. The first-order valence-electron chi connectivity index (χ1n) is 8.27. The fraction of sp³-hybridized carbons (Fsp3) is 0.211. The van der Waals surface area contributed by atoms with Crippen LogP contribution in [0.4, 0.5) is 0 Å². The van der Waals surface area contributed by atoms with E-state index in [1.54, 1.807) is 6.07 Å². The molecular formula is C19H16ClN3O3. The first kappa shape index (κ1) is 16.6. The van der Waals surface area contributed by atoms with Crippen molar-refractivity contribution in [2.45, 2.75) is 25.5 Å². The first-order valence-corrected chi connectivity index (χ1v) is 8.65. The number of hydrogen-bond acceptors (Lipinski definition) is 5. The maximum atomic E-state index is 12.2. The van der Waals surface area contributed by atoms with E-state index in [0.717, 1.165) is 16.7 Å². The number of halogens is 1. The molecule has 1 amide bonds. The maximum Gasteiger partial charge on any atom is 0.269 e. The molecule has 1 aromatic heterocycles. The Kier molecular flexibility index (Phi) is 4.58. The molecular weight excluding hydrogens is 354 g/mol. The molecule has 0 saturated carbocycles. The lowest BCUT2D eigenvalue weighted by atomic mass is 10.1. The Hall–Kier alpha value is -2.86. The third-order valence-corrected chi connectivity index (χ3v) is 4.31. The van der Waals surface area contributed by atoms with Crippen LogP contribution in [0, 0.1) is 0 Å². The summed E-state index contributed by atoms with van der Waals surface area (Å²) in [4.78, 5) is 22.0. The number of aromatic nitrogens is 1. The third-order valence-electron chi connectivity index (χ3n) is 4.08. The number of oxime groups is 1. The molecule has 6 nitrogen and oxygen atoms in total. The summed E-state index contributed by atoms with van der Waals surface area (Å²) in [6.07, 6.45) is 0.624. The van der Waals surface area contributed by atoms with Crippen LogP contribution in [-0.2, 0) is 22.6 Å². The van der Waals surface area contributed by atoms with Gasteiger partial charge in [-0.3, -0.25) is 4.79 Å². The van der Waals surface area contributed by atoms with E-state index in [1.807, 2.05) is 42.5 Å². The fourth-order valence-corrected chi connectivity index (χ4v) is 3.02. The molecule has 2 heterocycles. The van der Waals surface area contributed by atoms with Crippen molar-refractivity contribution < 1.29 is 14.0 Å². The molecule has 1 N–H and O–H groups in total. The molecule has 0 radical (unpaired) electrons. The van der Waals surface area contributed by atoms with Crippen molar-refractivity contribution in [2.24, 2.45) is 5.16 Å². The number of nitrogens with one attached hydrogen (secondary N) is 1. The second kappa shape index (κ2) is 7.17. The zero-order valence-corrected chi connectivity index (χ0v) is 14.6. The lowest BCUT2D eigenvalue weighted by molar-refractivity contribution is -0.115. The number of fused-ring (bicyclic) bond motifs is 1. The fourth-order valence-electron chi connectivity index (χ4n) is 2.81. The van der Waals surface area contributed by atoms with Gasteiger partial charge in [-0.25, -0.2) is 4.98 Å². The number of carbonyl (C=O) groups is 1. The summed E-state index contributed by atoms with van der Waals surface area (Å²) in [5, 5.41) is 7.37. The van der Waals surface area contributed by atoms with Crippen LogP contribution in [0.1, 0.15) is 17.9 Å². The van der Waals surface area contributed by atoms with Gasteiger partial charge >= 0.3 is 0 Å². The van der Waals surface area contributed by atoms with Crippen molar-refractivity contribution in [1.82, 2.24) is 10.3 Å². The second-order valence-corrected chi connectivity index (χ2v) is 6.50. The van der Waals surface area contributed by atoms with Gasteiger partial charge in [0, 0.05) is 18.0 Å². The van der Waals surface area contributed by atoms with Crippen molar-refractivity contribution in [3.8, 4) is 0 Å². The van der Waals surface area contributed by atoms with Gasteiger partial charge in [0.25, 0.3) is 5.91 Å². The average molecular weight is 370 g/mol. The lowest BCUT2D eigenvalue weighted by Gasteiger charge is -2.05. The van der Waals surface area contributed by atoms with Crippen LogP contribution in [0.2, 0.25) is 5.02 Å². The molecule has 132 valence electrons. The quantitative estimate of drug-likeness (QED) is 0.746. The van der Waals surface area contributed by atoms with Crippen molar-refractivity contribution in [3.05, 3.63) is 65.0 Å². The third kappa shape index (κ3) is 3.70. The van der Waals surface area contributed by atoms with Gasteiger partial charge in [0.15, 0.2) is 11.5 Å². The smallest absolute Gasteiger partial charge is 0.269 e. The van der Waals surface area contributed by atoms with Crippen LogP contribution in [0.3, 0.4) is 0 Å². The number of carbonyl (C=O) groups excluding carboxylic acids is 1. The second-order valence-electron chi connectivity index (χ2n) is 6.06. The van der Waals surface area contributed by atoms with Gasteiger partial charge < -0.3 is 14.6 Å². The molecule has 0 spiro atoms. The topological polar surface area (TPSA) is 76.7 Å². The molecule has 1 atom stereocenters. The predicted octanol–water partition coefficient (Wildman–Crippen LogP) is 3.49. The van der Waals surface area contributed by atoms with Crippen molar-refractivity contribution >= 4 is 34.3 Å². The minimum absolute atomic E-state index is 0.245. The van der Waals surface area contributed by atoms with Crippen molar-refractivity contribution in [3.63, 3.8) is 0 Å². The van der Waals surface area contributed by atoms with Crippen molar-refractivity contribution in [1.29, 1.82) is 0 Å². The molecule has 1 aliphatic rings. The van der Waals surface area contributed by atoms with E-state index in [9.17, 15) is 4.79 Å². The Bertz CT molecular complexity index is 950. The van der Waals surface area contributed by atoms with Gasteiger partial charge in [0.2, 0.25) is 0 Å². The predicted molar refractivity (Wildman–Crippen MR) is 97.9 cm³/mol. The van der Waals surface area contributed by atoms with Gasteiger partial charge in [0.05, 0.1) is 6.42 Å². The minimum Gasteiger partial charge on any atom is -0.441 e. The summed E-state index contributed by atoms with van der Waals surface area (Å²) < 4.78 is 5.69. The first-order chi connectivity index (χ1) is 12.7. The SMILES string of the molecule is O=C(NCc1cccc(Cl)c1)C1=NOC(Cc2nc3ccccc3o2)C1. The molecule has 1 unspecified atom stereocenters. The van der Waals surface area contributed by atoms with E-state index in [4.69, 9.17) is 20.9 Å². The summed E-state index contributed by atoms with van der Waals surface area (Å²) in [7, 11) is 0. The number of oxazole rings is 1. The van der Waals surface area contributed by atoms with Crippen LogP contribution >= 0.6 is 11.6 Å². The Morgan fingerprint density at radius 3 is 2.96 bits per heavy atom. The maximum absolute atomic E-state index is 12.2. The van der Waals surface area contributed by atoms with Gasteiger partial charge in [-0.05, 0) is 29.8 Å². The number of amides is 1. The normalized spacial score (nSPS) is 16.3. The monoisotopic (exact) mass is 369 g/mol. The molecule has 26 heavy (non-hydrogen) atoms. The van der Waals surface area contributed by atoms with E-state index in [0.29, 0.717) is 36.0 Å². The van der Waals surface area contributed by atoms with Crippen LogP contribution in [0.25, 0.3) is 11.1 Å². The zero-order chi connectivity index (χ0) is 17.9. The Morgan fingerprint density at radius 2 is 2.12 bits per heavy atom. The summed E-state index contributed by atoms with van der Waals surface area (Å²) in [6, 6.07) is 14.9.